The summed E-state index contributed by atoms with van der Waals surface area (Å²) >= 11 is 3.82. The van der Waals surface area contributed by atoms with Crippen LogP contribution in [0, 0.1) is 0 Å². The van der Waals surface area contributed by atoms with Gasteiger partial charge in [0.25, 0.3) is 0 Å². The van der Waals surface area contributed by atoms with Crippen LogP contribution in [-0.2, 0) is 0 Å². The minimum atomic E-state index is 1.01. The molecule has 0 bridgehead atoms. The van der Waals surface area contributed by atoms with Crippen LogP contribution in [0.4, 0.5) is 0 Å². The van der Waals surface area contributed by atoms with Crippen molar-refractivity contribution in [1.29, 1.82) is 0 Å². The smallest absolute Gasteiger partial charge is 0.145 e. The normalized spacial score (nSPS) is 12.2. The van der Waals surface area contributed by atoms with Crippen molar-refractivity contribution in [2.45, 2.75) is 0 Å². The van der Waals surface area contributed by atoms with Crippen molar-refractivity contribution >= 4 is 85.0 Å². The summed E-state index contributed by atoms with van der Waals surface area (Å²) in [6, 6.07) is 32.8. The summed E-state index contributed by atoms with van der Waals surface area (Å²) in [6.07, 6.45) is 1.89. The first-order chi connectivity index (χ1) is 16.4. The third-order valence-electron chi connectivity index (χ3n) is 6.65. The minimum absolute atomic E-state index is 1.01. The van der Waals surface area contributed by atoms with Crippen LogP contribution in [0.5, 0.6) is 0 Å². The second-order valence-corrected chi connectivity index (χ2v) is 10.5. The van der Waals surface area contributed by atoms with Gasteiger partial charge in [0, 0.05) is 63.0 Å². The van der Waals surface area contributed by atoms with Gasteiger partial charge in [-0.15, -0.1) is 22.7 Å². The number of benzene rings is 4. The SMILES string of the molecule is c1ccc(-n2c3ccc4c5ccc6sc7ccccc7c6c5sc4c3c3cccnc32)cc1. The Morgan fingerprint density at radius 2 is 1.30 bits per heavy atom. The highest BCUT2D eigenvalue weighted by atomic mass is 32.1. The topological polar surface area (TPSA) is 17.8 Å². The van der Waals surface area contributed by atoms with Crippen LogP contribution in [0.15, 0.2) is 97.2 Å². The summed E-state index contributed by atoms with van der Waals surface area (Å²) in [6.45, 7) is 0. The molecule has 33 heavy (non-hydrogen) atoms. The van der Waals surface area contributed by atoms with Crippen LogP contribution >= 0.6 is 22.7 Å². The van der Waals surface area contributed by atoms with Crippen molar-refractivity contribution in [3.8, 4) is 5.69 Å². The molecule has 0 atom stereocenters. The minimum Gasteiger partial charge on any atom is -0.294 e. The Morgan fingerprint density at radius 1 is 0.545 bits per heavy atom. The fourth-order valence-electron chi connectivity index (χ4n) is 5.27. The number of hydrogen-bond donors (Lipinski definition) is 0. The highest BCUT2D eigenvalue weighted by molar-refractivity contribution is 7.30. The van der Waals surface area contributed by atoms with Crippen LogP contribution in [0.1, 0.15) is 0 Å². The summed E-state index contributed by atoms with van der Waals surface area (Å²) in [5, 5.41) is 7.94. The largest absolute Gasteiger partial charge is 0.294 e. The number of aromatic nitrogens is 2. The number of hydrogen-bond acceptors (Lipinski definition) is 3. The highest BCUT2D eigenvalue weighted by Gasteiger charge is 2.19. The summed E-state index contributed by atoms with van der Waals surface area (Å²) < 4.78 is 7.74. The molecule has 0 unspecified atom stereocenters. The van der Waals surface area contributed by atoms with Crippen molar-refractivity contribution in [3.63, 3.8) is 0 Å². The molecular weight excluding hydrogens is 440 g/mol. The van der Waals surface area contributed by atoms with Gasteiger partial charge in [-0.1, -0.05) is 48.5 Å². The molecule has 8 aromatic rings. The molecule has 0 aliphatic carbocycles. The lowest BCUT2D eigenvalue weighted by molar-refractivity contribution is 1.14. The van der Waals surface area contributed by atoms with Crippen LogP contribution in [0.3, 0.4) is 0 Å². The van der Waals surface area contributed by atoms with Crippen LogP contribution in [0.25, 0.3) is 68.0 Å². The molecule has 0 fully saturated rings. The number of nitrogens with zero attached hydrogens (tertiary/aromatic N) is 2. The molecule has 0 N–H and O–H groups in total. The van der Waals surface area contributed by atoms with E-state index in [1.165, 1.54) is 56.6 Å². The molecule has 0 aliphatic heterocycles. The average molecular weight is 457 g/mol. The van der Waals surface area contributed by atoms with E-state index < -0.39 is 0 Å². The molecule has 0 spiro atoms. The number of thiophene rings is 2. The summed E-state index contributed by atoms with van der Waals surface area (Å²) in [5.74, 6) is 0. The molecule has 0 saturated heterocycles. The Hall–Kier alpha value is -3.73. The van der Waals surface area contributed by atoms with E-state index in [0.29, 0.717) is 0 Å². The highest BCUT2D eigenvalue weighted by Crippen LogP contribution is 2.47. The van der Waals surface area contributed by atoms with Crippen LogP contribution < -0.4 is 0 Å². The van der Waals surface area contributed by atoms with E-state index in [1.54, 1.807) is 0 Å². The molecule has 154 valence electrons. The summed E-state index contributed by atoms with van der Waals surface area (Å²) in [4.78, 5) is 4.81. The molecule has 4 heteroatoms. The van der Waals surface area contributed by atoms with Gasteiger partial charge in [-0.05, 0) is 42.5 Å². The summed E-state index contributed by atoms with van der Waals surface area (Å²) in [5.41, 5.74) is 3.36. The Bertz CT molecular complexity index is 2020. The van der Waals surface area contributed by atoms with Crippen molar-refractivity contribution in [3.05, 3.63) is 97.2 Å². The van der Waals surface area contributed by atoms with Gasteiger partial charge in [0.15, 0.2) is 0 Å². The first kappa shape index (κ1) is 17.8. The van der Waals surface area contributed by atoms with E-state index in [-0.39, 0.29) is 0 Å². The lowest BCUT2D eigenvalue weighted by Crippen LogP contribution is -1.94. The molecule has 2 nitrogen and oxygen atoms in total. The predicted octanol–water partition coefficient (Wildman–Crippen LogP) is 8.91. The lowest BCUT2D eigenvalue weighted by atomic mass is 10.1. The number of rotatable bonds is 1. The van der Waals surface area contributed by atoms with Crippen LogP contribution in [0.2, 0.25) is 0 Å². The third kappa shape index (κ3) is 2.29. The molecule has 8 rings (SSSR count). The lowest BCUT2D eigenvalue weighted by Gasteiger charge is -2.06. The maximum atomic E-state index is 4.81. The summed E-state index contributed by atoms with van der Waals surface area (Å²) in [7, 11) is 0. The van der Waals surface area contributed by atoms with Gasteiger partial charge in [-0.3, -0.25) is 4.57 Å². The van der Waals surface area contributed by atoms with Gasteiger partial charge in [-0.2, -0.15) is 0 Å². The fourth-order valence-corrected chi connectivity index (χ4v) is 7.86. The Morgan fingerprint density at radius 3 is 2.21 bits per heavy atom. The zero-order valence-corrected chi connectivity index (χ0v) is 19.1. The fraction of sp³-hybridized carbons (Fsp3) is 0. The van der Waals surface area contributed by atoms with Gasteiger partial charge < -0.3 is 0 Å². The first-order valence-electron chi connectivity index (χ1n) is 11.0. The van der Waals surface area contributed by atoms with Gasteiger partial charge in [-0.25, -0.2) is 4.98 Å². The second-order valence-electron chi connectivity index (χ2n) is 8.40. The maximum Gasteiger partial charge on any atom is 0.145 e. The van der Waals surface area contributed by atoms with Crippen molar-refractivity contribution in [2.24, 2.45) is 0 Å². The van der Waals surface area contributed by atoms with Crippen molar-refractivity contribution in [2.75, 3.05) is 0 Å². The first-order valence-corrected chi connectivity index (χ1v) is 12.6. The molecule has 0 amide bonds. The number of fused-ring (bicyclic) bond motifs is 11. The monoisotopic (exact) mass is 456 g/mol. The standard InChI is InChI=1S/C29H16N2S2/c1-2-7-17(8-3-1)31-22-14-12-18-19-13-15-24-26(20-9-4-5-11-23(20)32-24)28(19)33-27(18)25(22)21-10-6-16-30-29(21)31/h1-16H. The van der Waals surface area contributed by atoms with E-state index in [4.69, 9.17) is 4.98 Å². The molecule has 0 radical (unpaired) electrons. The van der Waals surface area contributed by atoms with E-state index in [1.807, 2.05) is 34.9 Å². The Labute approximate surface area is 196 Å². The van der Waals surface area contributed by atoms with Crippen molar-refractivity contribution in [1.82, 2.24) is 9.55 Å². The molecule has 4 aromatic heterocycles. The molecule has 4 heterocycles. The maximum absolute atomic E-state index is 4.81. The van der Waals surface area contributed by atoms with Gasteiger partial charge in [0.1, 0.15) is 5.65 Å². The van der Waals surface area contributed by atoms with Crippen LogP contribution in [-0.4, -0.2) is 9.55 Å². The van der Waals surface area contributed by atoms with Gasteiger partial charge in [0.05, 0.1) is 5.52 Å². The Kier molecular flexibility index (Phi) is 3.45. The quantitative estimate of drug-likeness (QED) is 0.241. The van der Waals surface area contributed by atoms with E-state index in [2.05, 4.69) is 89.5 Å². The van der Waals surface area contributed by atoms with E-state index >= 15 is 0 Å². The van der Waals surface area contributed by atoms with E-state index in [0.717, 1.165) is 11.3 Å². The third-order valence-corrected chi connectivity index (χ3v) is 9.04. The molecule has 0 saturated carbocycles. The number of pyridine rings is 1. The average Bonchev–Trinajstić information content (AvgIpc) is 3.53. The zero-order valence-electron chi connectivity index (χ0n) is 17.4. The molecular formula is C29H16N2S2. The number of para-hydroxylation sites is 1. The Balaban J connectivity index is 1.60. The molecule has 0 aliphatic rings. The molecule has 4 aromatic carbocycles. The zero-order chi connectivity index (χ0) is 21.5. The van der Waals surface area contributed by atoms with Gasteiger partial charge >= 0.3 is 0 Å². The van der Waals surface area contributed by atoms with Crippen molar-refractivity contribution < 1.29 is 0 Å². The second kappa shape index (κ2) is 6.41. The van der Waals surface area contributed by atoms with Gasteiger partial charge in [0.2, 0.25) is 0 Å². The van der Waals surface area contributed by atoms with E-state index in [9.17, 15) is 0 Å². The predicted molar refractivity (Wildman–Crippen MR) is 144 cm³/mol.